The number of carboxylic acid groups (broad SMARTS) is 2. The molecule has 0 saturated carbocycles. The first-order valence-corrected chi connectivity index (χ1v) is 4.08. The Hall–Kier alpha value is -2.11. The number of rotatable bonds is 2. The van der Waals surface area contributed by atoms with Gasteiger partial charge in [-0.05, 0) is 12.2 Å². The molecular formula is C9H9NO5. The van der Waals surface area contributed by atoms with E-state index in [0.29, 0.717) is 0 Å². The zero-order valence-corrected chi connectivity index (χ0v) is 7.88. The van der Waals surface area contributed by atoms with E-state index in [2.05, 4.69) is 0 Å². The van der Waals surface area contributed by atoms with Crippen LogP contribution in [-0.4, -0.2) is 39.0 Å². The molecule has 1 unspecified atom stereocenters. The van der Waals surface area contributed by atoms with Gasteiger partial charge in [0.25, 0.3) is 0 Å². The summed E-state index contributed by atoms with van der Waals surface area (Å²) in [5.41, 5.74) is -0.333. The molecule has 6 nitrogen and oxygen atoms in total. The standard InChI is InChI=1S/C9H9NO5/c1-5(11)10-4-2-3-6(8(12)13)7(10)9(14)15/h2-4,7H,1H3,(H,12,13)(H,14,15). The Morgan fingerprint density at radius 3 is 2.33 bits per heavy atom. The van der Waals surface area contributed by atoms with Gasteiger partial charge in [0.15, 0.2) is 6.04 Å². The molecule has 0 spiro atoms. The quantitative estimate of drug-likeness (QED) is 0.661. The number of allylic oxidation sites excluding steroid dienone is 2. The fourth-order valence-electron chi connectivity index (χ4n) is 1.29. The Balaban J connectivity index is 3.14. The second-order valence-corrected chi connectivity index (χ2v) is 2.94. The summed E-state index contributed by atoms with van der Waals surface area (Å²) in [5, 5.41) is 17.6. The first-order chi connectivity index (χ1) is 6.95. The van der Waals surface area contributed by atoms with Crippen molar-refractivity contribution in [2.45, 2.75) is 13.0 Å². The normalized spacial score (nSPS) is 19.7. The molecule has 1 atom stereocenters. The highest BCUT2D eigenvalue weighted by Crippen LogP contribution is 2.17. The Bertz CT molecular complexity index is 382. The number of hydrogen-bond acceptors (Lipinski definition) is 3. The molecule has 6 heteroatoms. The van der Waals surface area contributed by atoms with Crippen molar-refractivity contribution in [3.63, 3.8) is 0 Å². The van der Waals surface area contributed by atoms with Crippen LogP contribution in [0.2, 0.25) is 0 Å². The van der Waals surface area contributed by atoms with Crippen LogP contribution < -0.4 is 0 Å². The monoisotopic (exact) mass is 211 g/mol. The highest BCUT2D eigenvalue weighted by Gasteiger charge is 2.34. The number of nitrogens with zero attached hydrogens (tertiary/aromatic N) is 1. The van der Waals surface area contributed by atoms with E-state index in [1.54, 1.807) is 0 Å². The van der Waals surface area contributed by atoms with E-state index >= 15 is 0 Å². The Labute approximate surface area is 85.1 Å². The molecule has 0 aliphatic carbocycles. The number of amides is 1. The third kappa shape index (κ3) is 2.04. The molecule has 0 aromatic heterocycles. The maximum atomic E-state index is 11.1. The predicted molar refractivity (Wildman–Crippen MR) is 48.8 cm³/mol. The topological polar surface area (TPSA) is 94.9 Å². The van der Waals surface area contributed by atoms with E-state index in [1.165, 1.54) is 25.3 Å². The van der Waals surface area contributed by atoms with Crippen molar-refractivity contribution in [3.05, 3.63) is 23.9 Å². The van der Waals surface area contributed by atoms with Gasteiger partial charge in [0.2, 0.25) is 5.91 Å². The van der Waals surface area contributed by atoms with E-state index in [1.807, 2.05) is 0 Å². The van der Waals surface area contributed by atoms with E-state index in [4.69, 9.17) is 10.2 Å². The summed E-state index contributed by atoms with van der Waals surface area (Å²) in [6, 6.07) is -1.45. The van der Waals surface area contributed by atoms with Crippen LogP contribution >= 0.6 is 0 Å². The molecule has 0 fully saturated rings. The molecule has 0 aromatic rings. The highest BCUT2D eigenvalue weighted by atomic mass is 16.4. The van der Waals surface area contributed by atoms with Crippen LogP contribution in [0.25, 0.3) is 0 Å². The third-order valence-corrected chi connectivity index (χ3v) is 1.94. The van der Waals surface area contributed by atoms with Crippen molar-refractivity contribution in [2.75, 3.05) is 0 Å². The maximum absolute atomic E-state index is 11.1. The molecule has 0 bridgehead atoms. The summed E-state index contributed by atoms with van der Waals surface area (Å²) in [7, 11) is 0. The van der Waals surface area contributed by atoms with Crippen molar-refractivity contribution in [1.29, 1.82) is 0 Å². The van der Waals surface area contributed by atoms with Crippen molar-refractivity contribution in [3.8, 4) is 0 Å². The lowest BCUT2D eigenvalue weighted by Gasteiger charge is -2.26. The molecule has 1 amide bonds. The highest BCUT2D eigenvalue weighted by molar-refractivity contribution is 5.99. The van der Waals surface area contributed by atoms with Crippen molar-refractivity contribution < 1.29 is 24.6 Å². The molecule has 15 heavy (non-hydrogen) atoms. The first kappa shape index (κ1) is 11.0. The molecular weight excluding hydrogens is 202 g/mol. The lowest BCUT2D eigenvalue weighted by Crippen LogP contribution is -2.44. The van der Waals surface area contributed by atoms with Gasteiger partial charge in [-0.2, -0.15) is 0 Å². The molecule has 0 radical (unpaired) electrons. The van der Waals surface area contributed by atoms with Crippen LogP contribution in [0.3, 0.4) is 0 Å². The van der Waals surface area contributed by atoms with Crippen LogP contribution in [0.15, 0.2) is 23.9 Å². The van der Waals surface area contributed by atoms with Crippen LogP contribution in [0.4, 0.5) is 0 Å². The van der Waals surface area contributed by atoms with Gasteiger partial charge in [-0.3, -0.25) is 4.79 Å². The maximum Gasteiger partial charge on any atom is 0.334 e. The second kappa shape index (κ2) is 3.95. The minimum atomic E-state index is -1.45. The van der Waals surface area contributed by atoms with Gasteiger partial charge in [0, 0.05) is 13.1 Å². The molecule has 0 aromatic carbocycles. The summed E-state index contributed by atoms with van der Waals surface area (Å²) in [6.45, 7) is 1.17. The van der Waals surface area contributed by atoms with Crippen LogP contribution in [0, 0.1) is 0 Å². The van der Waals surface area contributed by atoms with E-state index in [9.17, 15) is 14.4 Å². The largest absolute Gasteiger partial charge is 0.479 e. The van der Waals surface area contributed by atoms with Crippen molar-refractivity contribution in [2.24, 2.45) is 0 Å². The smallest absolute Gasteiger partial charge is 0.334 e. The zero-order chi connectivity index (χ0) is 11.6. The lowest BCUT2D eigenvalue weighted by molar-refractivity contribution is -0.148. The van der Waals surface area contributed by atoms with E-state index in [0.717, 1.165) is 4.90 Å². The number of carboxylic acids is 2. The second-order valence-electron chi connectivity index (χ2n) is 2.94. The minimum absolute atomic E-state index is 0.333. The van der Waals surface area contributed by atoms with Gasteiger partial charge in [0.05, 0.1) is 5.57 Å². The average molecular weight is 211 g/mol. The van der Waals surface area contributed by atoms with Gasteiger partial charge in [-0.25, -0.2) is 9.59 Å². The van der Waals surface area contributed by atoms with Gasteiger partial charge in [-0.15, -0.1) is 0 Å². The summed E-state index contributed by atoms with van der Waals surface area (Å²) in [6.07, 6.45) is 3.73. The molecule has 1 rings (SSSR count). The van der Waals surface area contributed by atoms with Crippen LogP contribution in [0.1, 0.15) is 6.92 Å². The molecule has 1 aliphatic rings. The fraction of sp³-hybridized carbons (Fsp3) is 0.222. The number of aliphatic carboxylic acids is 2. The molecule has 1 aliphatic heterocycles. The first-order valence-electron chi connectivity index (χ1n) is 4.08. The van der Waals surface area contributed by atoms with Gasteiger partial charge in [-0.1, -0.05) is 0 Å². The number of carbonyl (C=O) groups excluding carboxylic acids is 1. The zero-order valence-electron chi connectivity index (χ0n) is 7.88. The molecule has 2 N–H and O–H groups in total. The van der Waals surface area contributed by atoms with Crippen LogP contribution in [-0.2, 0) is 14.4 Å². The molecule has 1 heterocycles. The Kier molecular flexibility index (Phi) is 2.89. The fourth-order valence-corrected chi connectivity index (χ4v) is 1.29. The summed E-state index contributed by atoms with van der Waals surface area (Å²) < 4.78 is 0. The lowest BCUT2D eigenvalue weighted by atomic mass is 10.0. The van der Waals surface area contributed by atoms with E-state index in [-0.39, 0.29) is 5.57 Å². The molecule has 80 valence electrons. The van der Waals surface area contributed by atoms with Crippen LogP contribution in [0.5, 0.6) is 0 Å². The van der Waals surface area contributed by atoms with Crippen molar-refractivity contribution >= 4 is 17.8 Å². The predicted octanol–water partition coefficient (Wildman–Crippen LogP) is -0.174. The number of hydrogen-bond donors (Lipinski definition) is 2. The summed E-state index contributed by atoms with van der Waals surface area (Å²) in [5.74, 6) is -3.24. The Morgan fingerprint density at radius 1 is 1.33 bits per heavy atom. The molecule has 0 saturated heterocycles. The Morgan fingerprint density at radius 2 is 1.93 bits per heavy atom. The van der Waals surface area contributed by atoms with Gasteiger partial charge < -0.3 is 15.1 Å². The number of carbonyl (C=O) groups is 3. The third-order valence-electron chi connectivity index (χ3n) is 1.94. The minimum Gasteiger partial charge on any atom is -0.479 e. The van der Waals surface area contributed by atoms with Gasteiger partial charge in [0.1, 0.15) is 0 Å². The van der Waals surface area contributed by atoms with Gasteiger partial charge >= 0.3 is 11.9 Å². The SMILES string of the molecule is CC(=O)N1C=CC=C(C(=O)O)C1C(=O)O. The average Bonchev–Trinajstić information content (AvgIpc) is 2.16. The van der Waals surface area contributed by atoms with E-state index < -0.39 is 23.9 Å². The summed E-state index contributed by atoms with van der Waals surface area (Å²) in [4.78, 5) is 33.5. The van der Waals surface area contributed by atoms with Crippen molar-refractivity contribution in [1.82, 2.24) is 4.90 Å². The summed E-state index contributed by atoms with van der Waals surface area (Å²) >= 11 is 0.